The quantitative estimate of drug-likeness (QED) is 0.150. The summed E-state index contributed by atoms with van der Waals surface area (Å²) in [6.07, 6.45) is 0. The minimum absolute atomic E-state index is 1.10. The second-order valence-corrected chi connectivity index (χ2v) is 16.9. The molecule has 0 spiro atoms. The largest absolute Gasteiger partial charge is 0.311 e. The molecule has 1 aliphatic rings. The summed E-state index contributed by atoms with van der Waals surface area (Å²) in [7, 11) is 0. The van der Waals surface area contributed by atoms with Gasteiger partial charge in [-0.05, 0) is 127 Å². The van der Waals surface area contributed by atoms with Crippen molar-refractivity contribution >= 4 is 44.9 Å². The van der Waals surface area contributed by atoms with Crippen LogP contribution in [0.3, 0.4) is 0 Å². The van der Waals surface area contributed by atoms with Gasteiger partial charge in [-0.3, -0.25) is 0 Å². The van der Waals surface area contributed by atoms with E-state index in [1.807, 2.05) is 0 Å². The third-order valence-electron chi connectivity index (χ3n) is 13.1. The van der Waals surface area contributed by atoms with E-state index >= 15 is 0 Å². The third-order valence-corrected chi connectivity index (χ3v) is 13.1. The van der Waals surface area contributed by atoms with Crippen molar-refractivity contribution in [1.82, 2.24) is 0 Å². The Labute approximate surface area is 386 Å². The number of hydrogen-bond donors (Lipinski definition) is 0. The number of para-hydroxylation sites is 2. The molecule has 12 rings (SSSR count). The van der Waals surface area contributed by atoms with Crippen molar-refractivity contribution in [3.8, 4) is 66.8 Å². The van der Waals surface area contributed by atoms with Gasteiger partial charge in [-0.2, -0.15) is 0 Å². The lowest BCUT2D eigenvalue weighted by Crippen LogP contribution is -2.10. The smallest absolute Gasteiger partial charge is 0.0540 e. The second kappa shape index (κ2) is 16.8. The highest BCUT2D eigenvalue weighted by molar-refractivity contribution is 6.06. The van der Waals surface area contributed by atoms with Gasteiger partial charge < -0.3 is 9.80 Å². The fraction of sp³-hybridized carbons (Fsp3) is 0. The van der Waals surface area contributed by atoms with Crippen LogP contribution in [0.1, 0.15) is 0 Å². The summed E-state index contributed by atoms with van der Waals surface area (Å²) in [5.74, 6) is 0. The normalized spacial score (nSPS) is 11.6. The Morgan fingerprint density at radius 3 is 0.955 bits per heavy atom. The van der Waals surface area contributed by atoms with E-state index in [4.69, 9.17) is 0 Å². The van der Waals surface area contributed by atoms with E-state index in [-0.39, 0.29) is 0 Å². The van der Waals surface area contributed by atoms with Crippen LogP contribution in [0.4, 0.5) is 34.1 Å². The van der Waals surface area contributed by atoms with Crippen LogP contribution in [0.25, 0.3) is 77.5 Å². The summed E-state index contributed by atoms with van der Waals surface area (Å²) in [4.78, 5) is 4.76. The van der Waals surface area contributed by atoms with Crippen molar-refractivity contribution in [2.75, 3.05) is 9.80 Å². The molecule has 0 atom stereocenters. The maximum Gasteiger partial charge on any atom is 0.0540 e. The van der Waals surface area contributed by atoms with Gasteiger partial charge in [-0.1, -0.05) is 206 Å². The van der Waals surface area contributed by atoms with Crippen molar-refractivity contribution in [2.24, 2.45) is 0 Å². The summed E-state index contributed by atoms with van der Waals surface area (Å²) in [6, 6.07) is 96.8. The van der Waals surface area contributed by atoms with Gasteiger partial charge in [0.25, 0.3) is 0 Å². The molecule has 0 N–H and O–H groups in total. The van der Waals surface area contributed by atoms with E-state index in [1.165, 1.54) is 88.9 Å². The van der Waals surface area contributed by atoms with Crippen LogP contribution < -0.4 is 9.80 Å². The molecule has 11 aromatic rings. The van der Waals surface area contributed by atoms with Gasteiger partial charge in [-0.25, -0.2) is 0 Å². The fourth-order valence-corrected chi connectivity index (χ4v) is 9.85. The van der Waals surface area contributed by atoms with Gasteiger partial charge >= 0.3 is 0 Å². The van der Waals surface area contributed by atoms with Crippen LogP contribution in [0.2, 0.25) is 0 Å². The van der Waals surface area contributed by atoms with Gasteiger partial charge in [0.1, 0.15) is 0 Å². The predicted molar refractivity (Wildman–Crippen MR) is 279 cm³/mol. The zero-order chi connectivity index (χ0) is 43.8. The molecule has 0 amide bonds. The van der Waals surface area contributed by atoms with Crippen molar-refractivity contribution < 1.29 is 0 Å². The molecule has 310 valence electrons. The average molecular weight is 841 g/mol. The topological polar surface area (TPSA) is 6.48 Å². The standard InChI is InChI=1S/C64H44N2/c1-3-15-45(16-4-1)47-27-35-51(36-28-47)65(52-37-29-48(30-38-52)46-17-5-2-6-18-46)53-39-31-49(32-40-53)55-43-44-56(58-20-8-7-19-57(55)58)50-33-41-54(42-34-50)66-63-25-13-11-23-61(63)59-21-9-10-22-60(59)62-24-12-14-26-64(62)66/h1-44H. The highest BCUT2D eigenvalue weighted by Crippen LogP contribution is 2.51. The van der Waals surface area contributed by atoms with Gasteiger partial charge in [0.15, 0.2) is 0 Å². The minimum Gasteiger partial charge on any atom is -0.311 e. The van der Waals surface area contributed by atoms with Gasteiger partial charge in [0.2, 0.25) is 0 Å². The minimum atomic E-state index is 1.10. The molecule has 0 saturated carbocycles. The van der Waals surface area contributed by atoms with E-state index in [0.29, 0.717) is 0 Å². The van der Waals surface area contributed by atoms with Crippen LogP contribution in [-0.4, -0.2) is 0 Å². The van der Waals surface area contributed by atoms with Crippen molar-refractivity contribution in [1.29, 1.82) is 0 Å². The molecule has 0 saturated heterocycles. The first kappa shape index (κ1) is 38.9. The van der Waals surface area contributed by atoms with E-state index in [2.05, 4.69) is 277 Å². The first-order valence-corrected chi connectivity index (χ1v) is 22.7. The number of rotatable bonds is 8. The zero-order valence-corrected chi connectivity index (χ0v) is 36.3. The molecular weight excluding hydrogens is 797 g/mol. The second-order valence-electron chi connectivity index (χ2n) is 16.9. The number of fused-ring (bicyclic) bond motifs is 6. The zero-order valence-electron chi connectivity index (χ0n) is 36.3. The molecule has 66 heavy (non-hydrogen) atoms. The van der Waals surface area contributed by atoms with E-state index in [0.717, 1.165) is 22.7 Å². The first-order valence-electron chi connectivity index (χ1n) is 22.7. The maximum absolute atomic E-state index is 2.42. The molecule has 11 aromatic carbocycles. The Bertz CT molecular complexity index is 3340. The molecule has 1 heterocycles. The lowest BCUT2D eigenvalue weighted by atomic mass is 9.92. The molecular formula is C64H44N2. The lowest BCUT2D eigenvalue weighted by Gasteiger charge is -2.27. The monoisotopic (exact) mass is 840 g/mol. The van der Waals surface area contributed by atoms with Gasteiger partial charge in [0.05, 0.1) is 11.4 Å². The van der Waals surface area contributed by atoms with Crippen LogP contribution in [0, 0.1) is 0 Å². The summed E-state index contributed by atoms with van der Waals surface area (Å²) in [5, 5.41) is 2.45. The Hall–Kier alpha value is -8.72. The number of nitrogens with zero attached hydrogens (tertiary/aromatic N) is 2. The molecule has 1 aliphatic heterocycles. The highest BCUT2D eigenvalue weighted by Gasteiger charge is 2.25. The van der Waals surface area contributed by atoms with Gasteiger partial charge in [0, 0.05) is 33.9 Å². The van der Waals surface area contributed by atoms with Crippen molar-refractivity contribution in [3.05, 3.63) is 267 Å². The van der Waals surface area contributed by atoms with E-state index in [9.17, 15) is 0 Å². The molecule has 0 unspecified atom stereocenters. The van der Waals surface area contributed by atoms with Crippen LogP contribution in [-0.2, 0) is 0 Å². The van der Waals surface area contributed by atoms with Crippen molar-refractivity contribution in [3.63, 3.8) is 0 Å². The Morgan fingerprint density at radius 1 is 0.212 bits per heavy atom. The summed E-state index contributed by atoms with van der Waals surface area (Å²) in [6.45, 7) is 0. The molecule has 0 aromatic heterocycles. The van der Waals surface area contributed by atoms with Crippen LogP contribution >= 0.6 is 0 Å². The van der Waals surface area contributed by atoms with E-state index < -0.39 is 0 Å². The number of anilines is 6. The summed E-state index contributed by atoms with van der Waals surface area (Å²) in [5.41, 5.74) is 21.3. The van der Waals surface area contributed by atoms with Crippen molar-refractivity contribution in [2.45, 2.75) is 0 Å². The Kier molecular flexibility index (Phi) is 9.89. The SMILES string of the molecule is c1ccc(-c2ccc(N(c3ccc(-c4ccccc4)cc3)c3ccc(-c4ccc(-c5ccc(N6c7ccccc7-c7ccccc7-c7ccccc76)cc5)c5ccccc45)cc3)cc2)cc1. The molecule has 0 aliphatic carbocycles. The average Bonchev–Trinajstić information content (AvgIpc) is 3.52. The van der Waals surface area contributed by atoms with E-state index in [1.54, 1.807) is 0 Å². The van der Waals surface area contributed by atoms with Crippen LogP contribution in [0.15, 0.2) is 267 Å². The first-order chi connectivity index (χ1) is 32.7. The molecule has 0 radical (unpaired) electrons. The maximum atomic E-state index is 2.42. The Balaban J connectivity index is 0.886. The highest BCUT2D eigenvalue weighted by atomic mass is 15.2. The Morgan fingerprint density at radius 2 is 0.530 bits per heavy atom. The molecule has 0 fully saturated rings. The predicted octanol–water partition coefficient (Wildman–Crippen LogP) is 18.1. The lowest BCUT2D eigenvalue weighted by molar-refractivity contribution is 1.28. The summed E-state index contributed by atoms with van der Waals surface area (Å²) < 4.78 is 0. The van der Waals surface area contributed by atoms with Crippen LogP contribution in [0.5, 0.6) is 0 Å². The molecule has 2 heteroatoms. The number of benzene rings is 11. The molecule has 0 bridgehead atoms. The summed E-state index contributed by atoms with van der Waals surface area (Å²) >= 11 is 0. The molecule has 2 nitrogen and oxygen atoms in total. The number of hydrogen-bond acceptors (Lipinski definition) is 2. The van der Waals surface area contributed by atoms with Gasteiger partial charge in [-0.15, -0.1) is 0 Å². The third kappa shape index (κ3) is 7.02. The fourth-order valence-electron chi connectivity index (χ4n) is 9.85.